The lowest BCUT2D eigenvalue weighted by Gasteiger charge is -2.09. The van der Waals surface area contributed by atoms with Gasteiger partial charge in [0.05, 0.1) is 0 Å². The predicted molar refractivity (Wildman–Crippen MR) is 85.2 cm³/mol. The number of hydrogen-bond donors (Lipinski definition) is 3. The van der Waals surface area contributed by atoms with E-state index in [0.717, 1.165) is 15.7 Å². The number of hydrogen-bond acceptors (Lipinski definition) is 3. The monoisotopic (exact) mass is 333 g/mol. The Balaban J connectivity index is 2.09. The first kappa shape index (κ1) is 14.4. The summed E-state index contributed by atoms with van der Waals surface area (Å²) in [6.45, 7) is 2.72. The fourth-order valence-corrected chi connectivity index (χ4v) is 2.18. The molecule has 0 amide bonds. The van der Waals surface area contributed by atoms with Gasteiger partial charge in [0.25, 0.3) is 0 Å². The highest BCUT2D eigenvalue weighted by Crippen LogP contribution is 2.21. The van der Waals surface area contributed by atoms with Gasteiger partial charge in [-0.3, -0.25) is 0 Å². The van der Waals surface area contributed by atoms with Crippen molar-refractivity contribution in [2.24, 2.45) is 10.9 Å². The lowest BCUT2D eigenvalue weighted by Crippen LogP contribution is -2.13. The molecule has 0 aliphatic heterocycles. The minimum absolute atomic E-state index is 0.116. The van der Waals surface area contributed by atoms with Gasteiger partial charge in [-0.15, -0.1) is 0 Å². The van der Waals surface area contributed by atoms with E-state index in [2.05, 4.69) is 32.5 Å². The van der Waals surface area contributed by atoms with Crippen LogP contribution in [0.4, 0.5) is 5.69 Å². The van der Waals surface area contributed by atoms with E-state index < -0.39 is 0 Å². The number of amidine groups is 1. The molecule has 20 heavy (non-hydrogen) atoms. The average molecular weight is 334 g/mol. The van der Waals surface area contributed by atoms with E-state index in [1.165, 1.54) is 5.56 Å². The number of nitrogens with two attached hydrogens (primary N) is 1. The Morgan fingerprint density at radius 3 is 2.80 bits per heavy atom. The molecule has 0 aliphatic rings. The van der Waals surface area contributed by atoms with Gasteiger partial charge in [0.1, 0.15) is 0 Å². The van der Waals surface area contributed by atoms with Gasteiger partial charge in [0, 0.05) is 22.3 Å². The molecule has 5 heteroatoms. The van der Waals surface area contributed by atoms with Crippen LogP contribution in [0.3, 0.4) is 0 Å². The second-order valence-electron chi connectivity index (χ2n) is 4.50. The third kappa shape index (κ3) is 3.51. The molecule has 0 aliphatic carbocycles. The topological polar surface area (TPSA) is 70.6 Å². The first-order chi connectivity index (χ1) is 9.60. The van der Waals surface area contributed by atoms with E-state index in [-0.39, 0.29) is 5.84 Å². The summed E-state index contributed by atoms with van der Waals surface area (Å²) in [6, 6.07) is 13.7. The van der Waals surface area contributed by atoms with Gasteiger partial charge < -0.3 is 16.3 Å². The Labute approximate surface area is 126 Å². The maximum Gasteiger partial charge on any atom is 0.170 e. The average Bonchev–Trinajstić information content (AvgIpc) is 2.48. The van der Waals surface area contributed by atoms with Gasteiger partial charge in [0.15, 0.2) is 5.84 Å². The number of nitrogens with one attached hydrogen (secondary N) is 1. The van der Waals surface area contributed by atoms with Crippen molar-refractivity contribution in [3.63, 3.8) is 0 Å². The number of oxime groups is 1. The zero-order valence-corrected chi connectivity index (χ0v) is 12.7. The Morgan fingerprint density at radius 1 is 1.30 bits per heavy atom. The smallest absolute Gasteiger partial charge is 0.170 e. The molecule has 2 aromatic carbocycles. The van der Waals surface area contributed by atoms with E-state index in [1.807, 2.05) is 37.3 Å². The minimum Gasteiger partial charge on any atom is -0.409 e. The summed E-state index contributed by atoms with van der Waals surface area (Å²) in [6.07, 6.45) is 0. The second-order valence-corrected chi connectivity index (χ2v) is 5.36. The van der Waals surface area contributed by atoms with Crippen LogP contribution < -0.4 is 11.1 Å². The number of anilines is 1. The molecule has 0 atom stereocenters. The van der Waals surface area contributed by atoms with E-state index in [9.17, 15) is 0 Å². The lowest BCUT2D eigenvalue weighted by molar-refractivity contribution is 0.318. The second kappa shape index (κ2) is 6.43. The fraction of sp³-hybridized carbons (Fsp3) is 0.133. The highest BCUT2D eigenvalue weighted by atomic mass is 79.9. The van der Waals surface area contributed by atoms with Crippen LogP contribution in [0.15, 0.2) is 52.1 Å². The van der Waals surface area contributed by atoms with Crippen LogP contribution in [0.5, 0.6) is 0 Å². The van der Waals surface area contributed by atoms with Gasteiger partial charge in [-0.25, -0.2) is 0 Å². The van der Waals surface area contributed by atoms with Crippen LogP contribution >= 0.6 is 15.9 Å². The first-order valence-corrected chi connectivity index (χ1v) is 6.96. The number of nitrogens with zero attached hydrogens (tertiary/aromatic N) is 1. The Morgan fingerprint density at radius 2 is 2.10 bits per heavy atom. The Kier molecular flexibility index (Phi) is 4.63. The molecule has 2 aromatic rings. The molecule has 0 saturated carbocycles. The molecule has 0 aromatic heterocycles. The van der Waals surface area contributed by atoms with Crippen molar-refractivity contribution < 1.29 is 5.21 Å². The van der Waals surface area contributed by atoms with Crippen LogP contribution in [0.25, 0.3) is 0 Å². The summed E-state index contributed by atoms with van der Waals surface area (Å²) in [5, 5.41) is 15.0. The largest absolute Gasteiger partial charge is 0.409 e. The maximum atomic E-state index is 8.69. The normalized spacial score (nSPS) is 11.4. The number of rotatable bonds is 4. The van der Waals surface area contributed by atoms with Crippen molar-refractivity contribution in [3.8, 4) is 0 Å². The molecule has 4 nitrogen and oxygen atoms in total. The third-order valence-electron chi connectivity index (χ3n) is 3.00. The summed E-state index contributed by atoms with van der Waals surface area (Å²) in [4.78, 5) is 0. The molecule has 104 valence electrons. The van der Waals surface area contributed by atoms with Crippen LogP contribution in [0.2, 0.25) is 0 Å². The number of benzene rings is 2. The summed E-state index contributed by atoms with van der Waals surface area (Å²) in [5.41, 5.74) is 9.58. The van der Waals surface area contributed by atoms with Gasteiger partial charge in [-0.05, 0) is 36.2 Å². The van der Waals surface area contributed by atoms with Crippen molar-refractivity contribution in [3.05, 3.63) is 63.6 Å². The molecule has 0 bridgehead atoms. The predicted octanol–water partition coefficient (Wildman–Crippen LogP) is 3.46. The Bertz CT molecular complexity index is 641. The van der Waals surface area contributed by atoms with Gasteiger partial charge >= 0.3 is 0 Å². The first-order valence-electron chi connectivity index (χ1n) is 6.17. The molecule has 0 heterocycles. The quantitative estimate of drug-likeness (QED) is 0.347. The summed E-state index contributed by atoms with van der Waals surface area (Å²) in [5.74, 6) is 0.116. The summed E-state index contributed by atoms with van der Waals surface area (Å²) < 4.78 is 1.08. The van der Waals surface area contributed by atoms with Gasteiger partial charge in [-0.2, -0.15) is 0 Å². The van der Waals surface area contributed by atoms with E-state index in [1.54, 1.807) is 6.07 Å². The van der Waals surface area contributed by atoms with Crippen LogP contribution in [-0.4, -0.2) is 11.0 Å². The standard InChI is InChI=1S/C15H16BrN3O/c1-10-5-6-13(8-14(10)16)18-9-11-3-2-4-12(7-11)15(17)19-20/h2-8,18,20H,9H2,1H3,(H2,17,19). The van der Waals surface area contributed by atoms with Crippen molar-refractivity contribution in [1.29, 1.82) is 0 Å². The van der Waals surface area contributed by atoms with Crippen LogP contribution in [-0.2, 0) is 6.54 Å². The molecule has 4 N–H and O–H groups in total. The zero-order chi connectivity index (χ0) is 14.5. The van der Waals surface area contributed by atoms with Gasteiger partial charge in [-0.1, -0.05) is 45.4 Å². The highest BCUT2D eigenvalue weighted by Gasteiger charge is 2.01. The van der Waals surface area contributed by atoms with Crippen LogP contribution in [0, 0.1) is 6.92 Å². The summed E-state index contributed by atoms with van der Waals surface area (Å²) in [7, 11) is 0. The number of halogens is 1. The van der Waals surface area contributed by atoms with E-state index in [0.29, 0.717) is 12.1 Å². The molecular formula is C15H16BrN3O. The lowest BCUT2D eigenvalue weighted by atomic mass is 10.1. The van der Waals surface area contributed by atoms with Crippen molar-refractivity contribution in [2.75, 3.05) is 5.32 Å². The molecule has 0 spiro atoms. The zero-order valence-electron chi connectivity index (χ0n) is 11.1. The summed E-state index contributed by atoms with van der Waals surface area (Å²) >= 11 is 3.51. The van der Waals surface area contributed by atoms with E-state index >= 15 is 0 Å². The maximum absolute atomic E-state index is 8.69. The fourth-order valence-electron chi connectivity index (χ4n) is 1.81. The van der Waals surface area contributed by atoms with Crippen molar-refractivity contribution in [1.82, 2.24) is 0 Å². The minimum atomic E-state index is 0.116. The van der Waals surface area contributed by atoms with E-state index in [4.69, 9.17) is 10.9 Å². The molecule has 0 radical (unpaired) electrons. The molecule has 2 rings (SSSR count). The molecular weight excluding hydrogens is 318 g/mol. The molecule has 0 saturated heterocycles. The molecule has 0 unspecified atom stereocenters. The highest BCUT2D eigenvalue weighted by molar-refractivity contribution is 9.10. The number of aryl methyl sites for hydroxylation is 1. The van der Waals surface area contributed by atoms with Crippen LogP contribution in [0.1, 0.15) is 16.7 Å². The third-order valence-corrected chi connectivity index (χ3v) is 3.85. The molecule has 0 fully saturated rings. The van der Waals surface area contributed by atoms with Crippen molar-refractivity contribution in [2.45, 2.75) is 13.5 Å². The van der Waals surface area contributed by atoms with Crippen molar-refractivity contribution >= 4 is 27.5 Å². The Hall–Kier alpha value is -2.01. The SMILES string of the molecule is Cc1ccc(NCc2cccc(C(N)=NO)c2)cc1Br. The van der Waals surface area contributed by atoms with Gasteiger partial charge in [0.2, 0.25) is 0 Å².